The minimum absolute atomic E-state index is 0.267. The first kappa shape index (κ1) is 16.9. The maximum atomic E-state index is 12.8. The molecule has 1 amide bonds. The Bertz CT molecular complexity index is 575. The van der Waals surface area contributed by atoms with E-state index in [-0.39, 0.29) is 5.91 Å². The third-order valence-corrected chi connectivity index (χ3v) is 3.90. The lowest BCUT2D eigenvalue weighted by Gasteiger charge is -2.23. The zero-order chi connectivity index (χ0) is 17.0. The highest BCUT2D eigenvalue weighted by atomic mass is 16.5. The molecule has 23 heavy (non-hydrogen) atoms. The molecule has 7 heteroatoms. The van der Waals surface area contributed by atoms with Crippen LogP contribution in [0.1, 0.15) is 23.2 Å². The maximum absolute atomic E-state index is 12.8. The molecule has 1 atom stereocenters. The van der Waals surface area contributed by atoms with E-state index in [4.69, 9.17) is 18.9 Å². The fraction of sp³-hybridized carbons (Fsp3) is 0.500. The Kier molecular flexibility index (Phi) is 5.31. The number of carbonyl (C=O) groups is 2. The lowest BCUT2D eigenvalue weighted by Crippen LogP contribution is -2.41. The SMILES string of the molecule is COC(=O)[C@H]1CCCN1C(=O)c1cc(OC)c(OC)c(OC)c1. The molecule has 1 aromatic carbocycles. The molecule has 0 bridgehead atoms. The fourth-order valence-corrected chi connectivity index (χ4v) is 2.76. The topological polar surface area (TPSA) is 74.3 Å². The molecular formula is C16H21NO6. The molecule has 0 N–H and O–H groups in total. The smallest absolute Gasteiger partial charge is 0.328 e. The lowest BCUT2D eigenvalue weighted by atomic mass is 10.1. The van der Waals surface area contributed by atoms with E-state index in [1.165, 1.54) is 33.3 Å². The molecule has 0 radical (unpaired) electrons. The van der Waals surface area contributed by atoms with Crippen LogP contribution in [0.2, 0.25) is 0 Å². The molecule has 1 aliphatic heterocycles. The van der Waals surface area contributed by atoms with Gasteiger partial charge >= 0.3 is 5.97 Å². The van der Waals surface area contributed by atoms with Crippen molar-refractivity contribution in [1.29, 1.82) is 0 Å². The van der Waals surface area contributed by atoms with Crippen molar-refractivity contribution in [3.8, 4) is 17.2 Å². The third-order valence-electron chi connectivity index (χ3n) is 3.90. The van der Waals surface area contributed by atoms with Crippen LogP contribution in [0.3, 0.4) is 0 Å². The molecule has 126 valence electrons. The fourth-order valence-electron chi connectivity index (χ4n) is 2.76. The summed E-state index contributed by atoms with van der Waals surface area (Å²) in [5.41, 5.74) is 0.371. The van der Waals surface area contributed by atoms with Gasteiger partial charge in [0.05, 0.1) is 28.4 Å². The quantitative estimate of drug-likeness (QED) is 0.764. The largest absolute Gasteiger partial charge is 0.493 e. The van der Waals surface area contributed by atoms with Crippen LogP contribution in [0.15, 0.2) is 12.1 Å². The van der Waals surface area contributed by atoms with Crippen molar-refractivity contribution in [2.75, 3.05) is 35.0 Å². The number of hydrogen-bond donors (Lipinski definition) is 0. The zero-order valence-corrected chi connectivity index (χ0v) is 13.8. The van der Waals surface area contributed by atoms with Crippen molar-refractivity contribution in [3.63, 3.8) is 0 Å². The molecule has 2 rings (SSSR count). The Morgan fingerprint density at radius 3 is 2.13 bits per heavy atom. The number of hydrogen-bond acceptors (Lipinski definition) is 6. The predicted octanol–water partition coefficient (Wildman–Crippen LogP) is 1.49. The van der Waals surface area contributed by atoms with Crippen LogP contribution in [-0.4, -0.2) is 57.8 Å². The summed E-state index contributed by atoms with van der Waals surface area (Å²) in [6, 6.07) is 2.61. The van der Waals surface area contributed by atoms with Gasteiger partial charge in [-0.1, -0.05) is 0 Å². The summed E-state index contributed by atoms with van der Waals surface area (Å²) in [5, 5.41) is 0. The van der Waals surface area contributed by atoms with Crippen LogP contribution < -0.4 is 14.2 Å². The van der Waals surface area contributed by atoms with Gasteiger partial charge in [0, 0.05) is 12.1 Å². The normalized spacial score (nSPS) is 16.9. The first-order valence-corrected chi connectivity index (χ1v) is 7.26. The molecule has 0 unspecified atom stereocenters. The van der Waals surface area contributed by atoms with Gasteiger partial charge in [-0.3, -0.25) is 4.79 Å². The number of ether oxygens (including phenoxy) is 4. The average Bonchev–Trinajstić information content (AvgIpc) is 3.08. The second-order valence-electron chi connectivity index (χ2n) is 5.09. The number of benzene rings is 1. The number of likely N-dealkylation sites (tertiary alicyclic amines) is 1. The summed E-state index contributed by atoms with van der Waals surface area (Å²) in [6.07, 6.45) is 1.36. The van der Waals surface area contributed by atoms with E-state index >= 15 is 0 Å². The van der Waals surface area contributed by atoms with Crippen molar-refractivity contribution in [2.24, 2.45) is 0 Å². The molecule has 0 saturated carbocycles. The molecule has 1 aromatic rings. The van der Waals surface area contributed by atoms with Gasteiger partial charge in [0.15, 0.2) is 11.5 Å². The van der Waals surface area contributed by atoms with Crippen molar-refractivity contribution < 1.29 is 28.5 Å². The van der Waals surface area contributed by atoms with E-state index in [1.54, 1.807) is 12.1 Å². The molecule has 1 fully saturated rings. The Hall–Kier alpha value is -2.44. The third kappa shape index (κ3) is 3.18. The summed E-state index contributed by atoms with van der Waals surface area (Å²) >= 11 is 0. The predicted molar refractivity (Wildman–Crippen MR) is 82.2 cm³/mol. The minimum Gasteiger partial charge on any atom is -0.493 e. The Morgan fingerprint density at radius 1 is 1.04 bits per heavy atom. The van der Waals surface area contributed by atoms with Gasteiger partial charge in [0.25, 0.3) is 5.91 Å². The van der Waals surface area contributed by atoms with Gasteiger partial charge in [0.2, 0.25) is 5.75 Å². The van der Waals surface area contributed by atoms with Gasteiger partial charge in [0.1, 0.15) is 6.04 Å². The van der Waals surface area contributed by atoms with E-state index in [2.05, 4.69) is 0 Å². The average molecular weight is 323 g/mol. The van der Waals surface area contributed by atoms with Crippen molar-refractivity contribution in [1.82, 2.24) is 4.90 Å². The minimum atomic E-state index is -0.549. The first-order chi connectivity index (χ1) is 11.1. The molecule has 1 heterocycles. The number of nitrogens with zero attached hydrogens (tertiary/aromatic N) is 1. The van der Waals surface area contributed by atoms with Crippen LogP contribution in [0.25, 0.3) is 0 Å². The van der Waals surface area contributed by atoms with Crippen LogP contribution >= 0.6 is 0 Å². The standard InChI is InChI=1S/C16H21NO6/c1-20-12-8-10(9-13(21-2)14(12)22-3)15(18)17-7-5-6-11(17)16(19)23-4/h8-9,11H,5-7H2,1-4H3/t11-/m1/s1. The summed E-state index contributed by atoms with van der Waals surface area (Å²) in [7, 11) is 5.79. The lowest BCUT2D eigenvalue weighted by molar-refractivity contribution is -0.145. The second-order valence-corrected chi connectivity index (χ2v) is 5.09. The summed E-state index contributed by atoms with van der Waals surface area (Å²) < 4.78 is 20.5. The second kappa shape index (κ2) is 7.21. The number of methoxy groups -OCH3 is 4. The Morgan fingerprint density at radius 2 is 1.65 bits per heavy atom. The highest BCUT2D eigenvalue weighted by molar-refractivity contribution is 5.98. The molecule has 1 saturated heterocycles. The zero-order valence-electron chi connectivity index (χ0n) is 13.8. The van der Waals surface area contributed by atoms with Crippen LogP contribution in [0.5, 0.6) is 17.2 Å². The summed E-state index contributed by atoms with van der Waals surface area (Å²) in [6.45, 7) is 0.509. The van der Waals surface area contributed by atoms with Gasteiger partial charge in [-0.15, -0.1) is 0 Å². The van der Waals surface area contributed by atoms with Gasteiger partial charge in [-0.05, 0) is 25.0 Å². The number of amides is 1. The van der Waals surface area contributed by atoms with Gasteiger partial charge in [-0.25, -0.2) is 4.79 Å². The van der Waals surface area contributed by atoms with Crippen LogP contribution in [0, 0.1) is 0 Å². The van der Waals surface area contributed by atoms with Crippen molar-refractivity contribution in [2.45, 2.75) is 18.9 Å². The summed E-state index contributed by atoms with van der Waals surface area (Å²) in [5.74, 6) is 0.533. The van der Waals surface area contributed by atoms with E-state index in [0.29, 0.717) is 35.8 Å². The molecule has 1 aliphatic rings. The van der Waals surface area contributed by atoms with Crippen LogP contribution in [-0.2, 0) is 9.53 Å². The van der Waals surface area contributed by atoms with Crippen LogP contribution in [0.4, 0.5) is 0 Å². The highest BCUT2D eigenvalue weighted by Crippen LogP contribution is 2.38. The Balaban J connectivity index is 2.37. The summed E-state index contributed by atoms with van der Waals surface area (Å²) in [4.78, 5) is 26.1. The monoisotopic (exact) mass is 323 g/mol. The van der Waals surface area contributed by atoms with E-state index in [9.17, 15) is 9.59 Å². The van der Waals surface area contributed by atoms with E-state index in [0.717, 1.165) is 6.42 Å². The van der Waals surface area contributed by atoms with E-state index in [1.807, 2.05) is 0 Å². The van der Waals surface area contributed by atoms with E-state index < -0.39 is 12.0 Å². The number of esters is 1. The molecule has 0 spiro atoms. The highest BCUT2D eigenvalue weighted by Gasteiger charge is 2.35. The van der Waals surface area contributed by atoms with Crippen molar-refractivity contribution >= 4 is 11.9 Å². The molecule has 7 nitrogen and oxygen atoms in total. The molecular weight excluding hydrogens is 302 g/mol. The van der Waals surface area contributed by atoms with Gasteiger partial charge < -0.3 is 23.8 Å². The first-order valence-electron chi connectivity index (χ1n) is 7.26. The number of carbonyl (C=O) groups excluding carboxylic acids is 2. The van der Waals surface area contributed by atoms with Gasteiger partial charge in [-0.2, -0.15) is 0 Å². The Labute approximate surface area is 135 Å². The molecule has 0 aliphatic carbocycles. The van der Waals surface area contributed by atoms with Crippen molar-refractivity contribution in [3.05, 3.63) is 17.7 Å². The number of rotatable bonds is 5. The molecule has 0 aromatic heterocycles. The maximum Gasteiger partial charge on any atom is 0.328 e.